The quantitative estimate of drug-likeness (QED) is 0.0215. The molecule has 6 rings (SSSR count). The molecule has 2 aliphatic rings. The van der Waals surface area contributed by atoms with Crippen LogP contribution in [0.1, 0.15) is 104 Å². The largest absolute Gasteiger partial charge is 0.691 e. The normalized spacial score (nSPS) is 17.2. The lowest BCUT2D eigenvalue weighted by molar-refractivity contribution is -0.777. The molecule has 0 fully saturated rings. The van der Waals surface area contributed by atoms with Crippen LogP contribution in [0.15, 0.2) is 107 Å². The molecule has 0 unspecified atom stereocenters. The Kier molecular flexibility index (Phi) is 12.8. The lowest BCUT2D eigenvalue weighted by atomic mass is 9.79. The van der Waals surface area contributed by atoms with Crippen molar-refractivity contribution >= 4 is 60.8 Å². The summed E-state index contributed by atoms with van der Waals surface area (Å²) in [5, 5.41) is 18.1. The topological polar surface area (TPSA) is 102 Å². The summed E-state index contributed by atoms with van der Waals surface area (Å²) in [5.74, 6) is 0. The lowest BCUT2D eigenvalue weighted by Gasteiger charge is -2.27. The summed E-state index contributed by atoms with van der Waals surface area (Å²) in [6, 6.07) is 19.4. The first-order chi connectivity index (χ1) is 26.3. The molecule has 0 saturated carbocycles. The molecule has 1 N–H and O–H groups in total. The van der Waals surface area contributed by atoms with Crippen molar-refractivity contribution in [1.29, 1.82) is 0 Å². The second-order valence-electron chi connectivity index (χ2n) is 15.7. The average molecular weight is 783 g/mol. The molecule has 0 atom stereocenters. The molecule has 10 heteroatoms. The van der Waals surface area contributed by atoms with Gasteiger partial charge in [-0.25, -0.2) is 0 Å². The number of fused-ring (bicyclic) bond motifs is 6. The van der Waals surface area contributed by atoms with Crippen molar-refractivity contribution < 1.29 is 32.2 Å². The van der Waals surface area contributed by atoms with E-state index < -0.39 is 10.1 Å². The zero-order chi connectivity index (χ0) is 39.4. The highest BCUT2D eigenvalue weighted by molar-refractivity contribution is 7.94. The molecule has 0 spiro atoms. The van der Waals surface area contributed by atoms with Crippen LogP contribution in [0.2, 0.25) is 0 Å². The molecule has 4 aromatic carbocycles. The van der Waals surface area contributed by atoms with Gasteiger partial charge in [0.1, 0.15) is 6.54 Å². The molecule has 2 aliphatic heterocycles. The molecule has 55 heavy (non-hydrogen) atoms. The second kappa shape index (κ2) is 17.2. The molecule has 0 aliphatic carbocycles. The maximum absolute atomic E-state index is 11.9. The van der Waals surface area contributed by atoms with Crippen molar-refractivity contribution in [3.63, 3.8) is 0 Å². The van der Waals surface area contributed by atoms with Crippen LogP contribution < -0.4 is 10.2 Å². The van der Waals surface area contributed by atoms with E-state index in [1.807, 2.05) is 24.3 Å². The fourth-order valence-corrected chi connectivity index (χ4v) is 9.56. The predicted molar refractivity (Wildman–Crippen MR) is 224 cm³/mol. The Hall–Kier alpha value is -3.77. The van der Waals surface area contributed by atoms with Crippen LogP contribution in [0.5, 0.6) is 0 Å². The Morgan fingerprint density at radius 1 is 0.800 bits per heavy atom. The van der Waals surface area contributed by atoms with Crippen LogP contribution in [0.25, 0.3) is 21.5 Å². The van der Waals surface area contributed by atoms with Crippen LogP contribution in [0.4, 0.5) is 11.4 Å². The lowest BCUT2D eigenvalue weighted by Crippen LogP contribution is -2.28. The molecule has 0 aromatic heterocycles. The van der Waals surface area contributed by atoms with E-state index in [-0.39, 0.29) is 15.7 Å². The molecular weight excluding hydrogens is 729 g/mol. The van der Waals surface area contributed by atoms with Crippen LogP contribution in [0.3, 0.4) is 0 Å². The summed E-state index contributed by atoms with van der Waals surface area (Å²) in [6.45, 7) is 15.4. The maximum Gasteiger partial charge on any atom is 0.294 e. The van der Waals surface area contributed by atoms with Gasteiger partial charge >= 0.3 is 0 Å². The smallest absolute Gasteiger partial charge is 0.294 e. The molecule has 0 saturated heterocycles. The first kappa shape index (κ1) is 40.9. The first-order valence-electron chi connectivity index (χ1n) is 19.6. The van der Waals surface area contributed by atoms with E-state index in [4.69, 9.17) is 0 Å². The summed E-state index contributed by atoms with van der Waals surface area (Å²) in [7, 11) is -4.31. The number of hydrogen-bond donors (Lipinski definition) is 1. The van der Waals surface area contributed by atoms with Gasteiger partial charge in [0.25, 0.3) is 10.1 Å². The van der Waals surface area contributed by atoms with Gasteiger partial charge in [-0.05, 0) is 96.3 Å². The summed E-state index contributed by atoms with van der Waals surface area (Å²) >= 11 is 0.908. The van der Waals surface area contributed by atoms with Crippen LogP contribution in [0, 0.1) is 0 Å². The zero-order valence-corrected chi connectivity index (χ0v) is 34.6. The summed E-state index contributed by atoms with van der Waals surface area (Å²) in [6.07, 6.45) is 20.2. The molecule has 2 heterocycles. The van der Waals surface area contributed by atoms with E-state index in [9.17, 15) is 18.2 Å². The fraction of sp³-hybridized carbons (Fsp3) is 0.400. The Balaban J connectivity index is 1.34. The highest BCUT2D eigenvalue weighted by atomic mass is 32.2. The Morgan fingerprint density at radius 3 is 2.22 bits per heavy atom. The Morgan fingerprint density at radius 2 is 1.49 bits per heavy atom. The number of unbranched alkanes of at least 4 members (excludes halogenated alkanes) is 6. The van der Waals surface area contributed by atoms with E-state index in [0.717, 1.165) is 71.1 Å². The van der Waals surface area contributed by atoms with Crippen molar-refractivity contribution in [3.8, 4) is 0 Å². The van der Waals surface area contributed by atoms with Crippen LogP contribution in [-0.4, -0.2) is 36.3 Å². The van der Waals surface area contributed by atoms with E-state index in [0.29, 0.717) is 0 Å². The van der Waals surface area contributed by atoms with Crippen molar-refractivity contribution in [2.45, 2.75) is 114 Å². The molecule has 8 nitrogen and oxygen atoms in total. The van der Waals surface area contributed by atoms with Gasteiger partial charge in [0.2, 0.25) is 5.69 Å². The number of nitrogens with zero attached hydrogens (tertiary/aromatic N) is 2. The SMILES string of the molecule is CCCCCCN1C(=CC=CC=CC2=[N+](CCCCCC)c3ccc4cc(S(=O)(=O)O)ccc4c3C2(C)C)C(C)(C)c2c1ccc1cc(SOO[O-])ccc21. The monoisotopic (exact) mass is 782 g/mol. The highest BCUT2D eigenvalue weighted by Crippen LogP contribution is 2.51. The third-order valence-electron chi connectivity index (χ3n) is 11.3. The second-order valence-corrected chi connectivity index (χ2v) is 17.9. The van der Waals surface area contributed by atoms with E-state index in [2.05, 4.69) is 115 Å². The average Bonchev–Trinajstić information content (AvgIpc) is 3.51. The van der Waals surface area contributed by atoms with Crippen molar-refractivity contribution in [2.24, 2.45) is 0 Å². The minimum atomic E-state index is -4.31. The molecular formula is C45H54N2O6S2. The van der Waals surface area contributed by atoms with E-state index in [1.54, 1.807) is 6.07 Å². The van der Waals surface area contributed by atoms with Crippen molar-refractivity contribution in [3.05, 3.63) is 108 Å². The standard InChI is InChI=1S/C45H54N2O6S2/c1-7-9-11-16-28-46-38-26-20-32-30-34(54-53-52-48)22-24-36(32)42(38)44(3,4)40(46)18-14-13-15-19-41-45(5,6)43-37-25-23-35(55(49,50)51)31-33(37)21-27-39(43)47(41)29-17-12-10-8-2/h13-15,18-27,30-31H,7-12,16-17,28-29H2,1-6H3,(H-,48,49,50,51). The van der Waals surface area contributed by atoms with Gasteiger partial charge in [0, 0.05) is 52.4 Å². The van der Waals surface area contributed by atoms with Crippen molar-refractivity contribution in [1.82, 2.24) is 0 Å². The summed E-state index contributed by atoms with van der Waals surface area (Å²) in [5.41, 5.74) is 6.70. The van der Waals surface area contributed by atoms with Gasteiger partial charge in [-0.1, -0.05) is 96.2 Å². The van der Waals surface area contributed by atoms with Gasteiger partial charge in [0.05, 0.1) is 22.4 Å². The molecule has 0 bridgehead atoms. The number of benzene rings is 4. The molecule has 292 valence electrons. The third kappa shape index (κ3) is 8.36. The van der Waals surface area contributed by atoms with Gasteiger partial charge < -0.3 is 10.2 Å². The van der Waals surface area contributed by atoms with Gasteiger partial charge in [-0.2, -0.15) is 17.3 Å². The number of allylic oxidation sites excluding steroid dienone is 6. The number of rotatable bonds is 17. The summed E-state index contributed by atoms with van der Waals surface area (Å²) < 4.78 is 40.6. The molecule has 0 radical (unpaired) electrons. The van der Waals surface area contributed by atoms with Gasteiger partial charge in [-0.3, -0.25) is 9.59 Å². The van der Waals surface area contributed by atoms with Crippen molar-refractivity contribution in [2.75, 3.05) is 18.0 Å². The van der Waals surface area contributed by atoms with E-state index in [1.165, 1.54) is 71.8 Å². The molecule has 4 aromatic rings. The number of hydrogen-bond acceptors (Lipinski definition) is 7. The minimum absolute atomic E-state index is 0.0946. The highest BCUT2D eigenvalue weighted by Gasteiger charge is 2.45. The Bertz CT molecular complexity index is 2290. The molecule has 0 amide bonds. The number of anilines is 1. The Labute approximate surface area is 331 Å². The first-order valence-corrected chi connectivity index (χ1v) is 21.8. The van der Waals surface area contributed by atoms with Gasteiger partial charge in [0.15, 0.2) is 5.71 Å². The van der Waals surface area contributed by atoms with Gasteiger partial charge in [-0.15, -0.1) is 0 Å². The van der Waals surface area contributed by atoms with Crippen LogP contribution >= 0.6 is 12.0 Å². The van der Waals surface area contributed by atoms with E-state index >= 15 is 0 Å². The minimum Gasteiger partial charge on any atom is -0.691 e. The maximum atomic E-state index is 11.9. The fourth-order valence-electron chi connectivity index (χ4n) is 8.64. The van der Waals surface area contributed by atoms with Crippen LogP contribution in [-0.2, 0) is 30.3 Å². The summed E-state index contributed by atoms with van der Waals surface area (Å²) in [4.78, 5) is 3.20. The third-order valence-corrected chi connectivity index (χ3v) is 12.7. The predicted octanol–water partition coefficient (Wildman–Crippen LogP) is 10.8. The zero-order valence-electron chi connectivity index (χ0n) is 32.9.